The first-order valence-electron chi connectivity index (χ1n) is 6.66. The van der Waals surface area contributed by atoms with Crippen molar-refractivity contribution in [1.82, 2.24) is 4.90 Å². The molecule has 0 bridgehead atoms. The van der Waals surface area contributed by atoms with Crippen LogP contribution in [0.15, 0.2) is 53.5 Å². The van der Waals surface area contributed by atoms with Gasteiger partial charge in [0.05, 0.1) is 12.2 Å². The van der Waals surface area contributed by atoms with Crippen molar-refractivity contribution in [3.63, 3.8) is 0 Å². The molecule has 4 nitrogen and oxygen atoms in total. The van der Waals surface area contributed by atoms with Crippen LogP contribution >= 0.6 is 11.6 Å². The molecule has 0 aliphatic carbocycles. The van der Waals surface area contributed by atoms with Crippen molar-refractivity contribution in [3.8, 4) is 0 Å². The number of fused-ring (bicyclic) bond motifs is 1. The highest BCUT2D eigenvalue weighted by Crippen LogP contribution is 2.42. The van der Waals surface area contributed by atoms with Gasteiger partial charge in [0.1, 0.15) is 5.84 Å². The van der Waals surface area contributed by atoms with Crippen LogP contribution in [0.2, 0.25) is 5.02 Å². The monoisotopic (exact) mass is 301 g/mol. The molecule has 1 aliphatic heterocycles. The Morgan fingerprint density at radius 1 is 1.24 bits per heavy atom. The summed E-state index contributed by atoms with van der Waals surface area (Å²) >= 11 is 6.11. The van der Waals surface area contributed by atoms with Crippen molar-refractivity contribution in [1.29, 1.82) is 0 Å². The van der Waals surface area contributed by atoms with Gasteiger partial charge in [0.25, 0.3) is 0 Å². The predicted octanol–water partition coefficient (Wildman–Crippen LogP) is 2.47. The van der Waals surface area contributed by atoms with E-state index in [1.165, 1.54) is 0 Å². The number of nitrogens with zero attached hydrogens (tertiary/aromatic N) is 2. The molecule has 0 aromatic heterocycles. The fourth-order valence-electron chi connectivity index (χ4n) is 2.67. The third-order valence-electron chi connectivity index (χ3n) is 3.82. The maximum absolute atomic E-state index is 11.4. The highest BCUT2D eigenvalue weighted by Gasteiger charge is 2.42. The largest absolute Gasteiger partial charge is 0.363 e. The summed E-state index contributed by atoms with van der Waals surface area (Å²) in [7, 11) is 1.78. The molecule has 0 saturated heterocycles. The Hall–Kier alpha value is -1.88. The number of benzene rings is 2. The van der Waals surface area contributed by atoms with E-state index in [1.54, 1.807) is 30.1 Å². The summed E-state index contributed by atoms with van der Waals surface area (Å²) in [6, 6.07) is 14.7. The Morgan fingerprint density at radius 2 is 1.95 bits per heavy atom. The molecule has 0 radical (unpaired) electrons. The van der Waals surface area contributed by atoms with Crippen LogP contribution in [0.3, 0.4) is 0 Å². The minimum Gasteiger partial charge on any atom is -0.363 e. The van der Waals surface area contributed by atoms with Crippen molar-refractivity contribution in [2.24, 2.45) is 10.7 Å². The summed E-state index contributed by atoms with van der Waals surface area (Å²) in [4.78, 5) is 6.20. The van der Waals surface area contributed by atoms with E-state index in [9.17, 15) is 5.11 Å². The molecule has 3 N–H and O–H groups in total. The summed E-state index contributed by atoms with van der Waals surface area (Å²) in [5, 5.41) is 12.0. The topological polar surface area (TPSA) is 61.8 Å². The lowest BCUT2D eigenvalue weighted by atomic mass is 9.90. The number of hydrogen-bond acceptors (Lipinski definition) is 4. The lowest BCUT2D eigenvalue weighted by Crippen LogP contribution is -2.51. The third-order valence-corrected chi connectivity index (χ3v) is 4.05. The van der Waals surface area contributed by atoms with Crippen LogP contribution in [0, 0.1) is 0 Å². The number of aliphatic imine (C=N–C) groups is 1. The minimum absolute atomic E-state index is 0.244. The van der Waals surface area contributed by atoms with Crippen molar-refractivity contribution in [3.05, 3.63) is 64.7 Å². The van der Waals surface area contributed by atoms with Gasteiger partial charge in [-0.2, -0.15) is 0 Å². The van der Waals surface area contributed by atoms with Gasteiger partial charge in [0.2, 0.25) is 0 Å². The second kappa shape index (κ2) is 5.15. The lowest BCUT2D eigenvalue weighted by Gasteiger charge is -2.43. The van der Waals surface area contributed by atoms with Gasteiger partial charge in [-0.3, -0.25) is 0 Å². The van der Waals surface area contributed by atoms with Crippen LogP contribution in [-0.2, 0) is 5.72 Å². The molecule has 0 fully saturated rings. The quantitative estimate of drug-likeness (QED) is 0.896. The highest BCUT2D eigenvalue weighted by molar-refractivity contribution is 6.30. The van der Waals surface area contributed by atoms with E-state index in [0.29, 0.717) is 22.1 Å². The zero-order valence-electron chi connectivity index (χ0n) is 11.6. The molecule has 0 amide bonds. The first-order chi connectivity index (χ1) is 10.1. The predicted molar refractivity (Wildman–Crippen MR) is 84.8 cm³/mol. The maximum Gasteiger partial charge on any atom is 0.194 e. The van der Waals surface area contributed by atoms with Crippen LogP contribution < -0.4 is 5.73 Å². The van der Waals surface area contributed by atoms with Crippen molar-refractivity contribution < 1.29 is 5.11 Å². The number of hydrogen-bond donors (Lipinski definition) is 2. The molecule has 1 aliphatic rings. The van der Waals surface area contributed by atoms with E-state index in [-0.39, 0.29) is 6.54 Å². The van der Waals surface area contributed by atoms with Crippen molar-refractivity contribution in [2.45, 2.75) is 5.72 Å². The van der Waals surface area contributed by atoms with Gasteiger partial charge in [0, 0.05) is 23.2 Å². The second-order valence-electron chi connectivity index (χ2n) is 4.99. The molecule has 5 heteroatoms. The molecule has 0 saturated carbocycles. The number of amidine groups is 1. The third kappa shape index (κ3) is 2.12. The van der Waals surface area contributed by atoms with E-state index in [4.69, 9.17) is 17.3 Å². The maximum atomic E-state index is 11.4. The van der Waals surface area contributed by atoms with Crippen molar-refractivity contribution >= 4 is 23.1 Å². The average Bonchev–Trinajstić information content (AvgIpc) is 2.52. The summed E-state index contributed by atoms with van der Waals surface area (Å²) in [6.45, 7) is 0.244. The van der Waals surface area contributed by atoms with Crippen molar-refractivity contribution in [2.75, 3.05) is 13.6 Å². The molecular formula is C16H16ClN3O. The van der Waals surface area contributed by atoms with Gasteiger partial charge >= 0.3 is 0 Å². The average molecular weight is 302 g/mol. The van der Waals surface area contributed by atoms with Gasteiger partial charge in [0.15, 0.2) is 5.72 Å². The Morgan fingerprint density at radius 3 is 2.62 bits per heavy atom. The molecule has 0 spiro atoms. The lowest BCUT2D eigenvalue weighted by molar-refractivity contribution is -0.0268. The Balaban J connectivity index is 2.29. The van der Waals surface area contributed by atoms with Gasteiger partial charge < -0.3 is 15.7 Å². The van der Waals surface area contributed by atoms with Crippen LogP contribution in [0.1, 0.15) is 11.1 Å². The summed E-state index contributed by atoms with van der Waals surface area (Å²) < 4.78 is 0. The molecule has 21 heavy (non-hydrogen) atoms. The van der Waals surface area contributed by atoms with Gasteiger partial charge in [-0.25, -0.2) is 4.99 Å². The molecular weight excluding hydrogens is 286 g/mol. The Bertz CT molecular complexity index is 702. The van der Waals surface area contributed by atoms with E-state index in [2.05, 4.69) is 4.99 Å². The van der Waals surface area contributed by atoms with Crippen LogP contribution in [0.5, 0.6) is 0 Å². The molecule has 3 rings (SSSR count). The normalized spacial score (nSPS) is 21.0. The molecule has 1 unspecified atom stereocenters. The molecule has 1 atom stereocenters. The standard InChI is InChI=1S/C16H16ClN3O/c1-20-15(10-18)19-14-8-7-12(17)9-13(14)16(20,21)11-5-3-2-4-6-11/h2-9,21H,10,18H2,1H3. The van der Waals surface area contributed by atoms with Crippen LogP contribution in [0.4, 0.5) is 5.69 Å². The number of likely N-dealkylation sites (N-methyl/N-ethyl adjacent to an activating group) is 1. The van der Waals surface area contributed by atoms with Gasteiger partial charge in [-0.1, -0.05) is 41.9 Å². The van der Waals surface area contributed by atoms with Crippen LogP contribution in [-0.4, -0.2) is 29.4 Å². The number of nitrogens with two attached hydrogens (primary N) is 1. The second-order valence-corrected chi connectivity index (χ2v) is 5.43. The van der Waals surface area contributed by atoms with E-state index in [1.807, 2.05) is 30.3 Å². The van der Waals surface area contributed by atoms with Gasteiger partial charge in [-0.05, 0) is 18.2 Å². The molecule has 2 aromatic carbocycles. The number of aliphatic hydroxyl groups is 1. The fourth-order valence-corrected chi connectivity index (χ4v) is 2.84. The Labute approximate surface area is 128 Å². The van der Waals surface area contributed by atoms with E-state index < -0.39 is 5.72 Å². The highest BCUT2D eigenvalue weighted by atomic mass is 35.5. The molecule has 108 valence electrons. The Kier molecular flexibility index (Phi) is 3.45. The first-order valence-corrected chi connectivity index (χ1v) is 7.04. The van der Waals surface area contributed by atoms with E-state index in [0.717, 1.165) is 5.56 Å². The molecule has 1 heterocycles. The number of halogens is 1. The minimum atomic E-state index is -1.34. The zero-order chi connectivity index (χ0) is 15.0. The van der Waals surface area contributed by atoms with Gasteiger partial charge in [-0.15, -0.1) is 0 Å². The summed E-state index contributed by atoms with van der Waals surface area (Å²) in [5.41, 5.74) is 6.52. The SMILES string of the molecule is CN1C(CN)=Nc2ccc(Cl)cc2C1(O)c1ccccc1. The first kappa shape index (κ1) is 14.1. The smallest absolute Gasteiger partial charge is 0.194 e. The number of rotatable bonds is 2. The van der Waals surface area contributed by atoms with E-state index >= 15 is 0 Å². The molecule has 2 aromatic rings. The summed E-state index contributed by atoms with van der Waals surface area (Å²) in [6.07, 6.45) is 0. The van der Waals surface area contributed by atoms with Crippen LogP contribution in [0.25, 0.3) is 0 Å². The summed E-state index contributed by atoms with van der Waals surface area (Å²) in [5.74, 6) is 0.621. The zero-order valence-corrected chi connectivity index (χ0v) is 12.4. The fraction of sp³-hybridized carbons (Fsp3) is 0.188.